The Hall–Kier alpha value is -2.46. The molecule has 0 fully saturated rings. The Morgan fingerprint density at radius 2 is 1.90 bits per heavy atom. The Bertz CT molecular complexity index is 564. The predicted octanol–water partition coefficient (Wildman–Crippen LogP) is 1.19. The third-order valence-electron chi connectivity index (χ3n) is 2.26. The molecule has 0 unspecified atom stereocenters. The first-order chi connectivity index (χ1) is 9.63. The van der Waals surface area contributed by atoms with E-state index in [9.17, 15) is 9.59 Å². The highest BCUT2D eigenvalue weighted by Gasteiger charge is 2.16. The minimum absolute atomic E-state index is 0.201. The van der Waals surface area contributed by atoms with Crippen LogP contribution in [0, 0.1) is 11.3 Å². The quantitative estimate of drug-likeness (QED) is 0.366. The van der Waals surface area contributed by atoms with Crippen molar-refractivity contribution < 1.29 is 14.3 Å². The third kappa shape index (κ3) is 4.03. The van der Waals surface area contributed by atoms with Crippen molar-refractivity contribution in [3.63, 3.8) is 0 Å². The van der Waals surface area contributed by atoms with Gasteiger partial charge in [-0.3, -0.25) is 15.6 Å². The normalized spacial score (nSPS) is 10.8. The van der Waals surface area contributed by atoms with Gasteiger partial charge < -0.3 is 4.74 Å². The van der Waals surface area contributed by atoms with Crippen LogP contribution in [0.25, 0.3) is 0 Å². The van der Waals surface area contributed by atoms with E-state index in [1.165, 1.54) is 7.11 Å². The maximum atomic E-state index is 11.8. The molecule has 0 bridgehead atoms. The summed E-state index contributed by atoms with van der Waals surface area (Å²) >= 11 is 1.11. The molecule has 0 saturated heterocycles. The Balaban J connectivity index is 2.80. The molecule has 1 amide bonds. The average Bonchev–Trinajstić information content (AvgIpc) is 2.51. The van der Waals surface area contributed by atoms with E-state index in [4.69, 9.17) is 5.26 Å². The van der Waals surface area contributed by atoms with Crippen LogP contribution in [0.4, 0.5) is 0 Å². The predicted molar refractivity (Wildman–Crippen MR) is 75.2 cm³/mol. The molecule has 6 nitrogen and oxygen atoms in total. The monoisotopic (exact) mass is 291 g/mol. The Morgan fingerprint density at radius 3 is 2.40 bits per heavy atom. The summed E-state index contributed by atoms with van der Waals surface area (Å²) in [4.78, 5) is 23.2. The summed E-state index contributed by atoms with van der Waals surface area (Å²) in [5.41, 5.74) is 5.23. The maximum absolute atomic E-state index is 11.8. The molecule has 1 aromatic carbocycles. The Morgan fingerprint density at radius 1 is 1.25 bits per heavy atom. The van der Waals surface area contributed by atoms with E-state index < -0.39 is 5.97 Å². The molecule has 7 heteroatoms. The van der Waals surface area contributed by atoms with E-state index in [2.05, 4.69) is 15.6 Å². The minimum Gasteiger partial charge on any atom is -0.465 e. The van der Waals surface area contributed by atoms with Crippen LogP contribution < -0.4 is 10.9 Å². The maximum Gasteiger partial charge on any atom is 0.351 e. The van der Waals surface area contributed by atoms with Crippen molar-refractivity contribution in [1.82, 2.24) is 10.9 Å². The largest absolute Gasteiger partial charge is 0.465 e. The third-order valence-corrected chi connectivity index (χ3v) is 2.97. The van der Waals surface area contributed by atoms with Gasteiger partial charge in [0.15, 0.2) is 5.57 Å². The molecule has 0 aromatic heterocycles. The number of nitrogens with zero attached hydrogens (tertiary/aromatic N) is 1. The summed E-state index contributed by atoms with van der Waals surface area (Å²) in [6.07, 6.45) is 1.66. The van der Waals surface area contributed by atoms with E-state index in [0.29, 0.717) is 5.56 Å². The second-order valence-electron chi connectivity index (χ2n) is 3.46. The highest BCUT2D eigenvalue weighted by atomic mass is 32.2. The van der Waals surface area contributed by atoms with Gasteiger partial charge in [-0.25, -0.2) is 4.79 Å². The standard InChI is InChI=1S/C13H13N3O3S/c1-19-13(18)10(8-14)12(20-2)16-15-11(17)9-6-4-3-5-7-9/h3-7,16H,1-2H3,(H,15,17). The number of rotatable bonds is 5. The summed E-state index contributed by atoms with van der Waals surface area (Å²) in [7, 11) is 1.18. The van der Waals surface area contributed by atoms with Crippen LogP contribution in [0.15, 0.2) is 40.9 Å². The molecule has 0 aliphatic carbocycles. The number of ether oxygens (including phenoxy) is 1. The lowest BCUT2D eigenvalue weighted by Gasteiger charge is -2.11. The van der Waals surface area contributed by atoms with Crippen molar-refractivity contribution in [2.24, 2.45) is 0 Å². The number of benzene rings is 1. The van der Waals surface area contributed by atoms with Crippen LogP contribution in [-0.2, 0) is 9.53 Å². The van der Waals surface area contributed by atoms with Gasteiger partial charge in [0.25, 0.3) is 5.91 Å². The molecule has 0 aliphatic rings. The molecule has 104 valence electrons. The fraction of sp³-hybridized carbons (Fsp3) is 0.154. The lowest BCUT2D eigenvalue weighted by molar-refractivity contribution is -0.135. The Labute approximate surface area is 120 Å². The fourth-order valence-corrected chi connectivity index (χ4v) is 1.77. The first-order valence-corrected chi connectivity index (χ1v) is 6.74. The summed E-state index contributed by atoms with van der Waals surface area (Å²) in [5.74, 6) is -1.14. The molecule has 0 heterocycles. The molecule has 1 aromatic rings. The van der Waals surface area contributed by atoms with E-state index in [-0.39, 0.29) is 16.5 Å². The number of nitrogens with one attached hydrogen (secondary N) is 2. The number of hydrazine groups is 1. The van der Waals surface area contributed by atoms with Crippen LogP contribution in [0.5, 0.6) is 0 Å². The van der Waals surface area contributed by atoms with E-state index >= 15 is 0 Å². The topological polar surface area (TPSA) is 91.2 Å². The molecule has 0 aliphatic heterocycles. The summed E-state index contributed by atoms with van der Waals surface area (Å²) in [5, 5.41) is 9.15. The number of thioether (sulfide) groups is 1. The van der Waals surface area contributed by atoms with E-state index in [1.54, 1.807) is 42.7 Å². The first kappa shape index (κ1) is 15.6. The van der Waals surface area contributed by atoms with Crippen molar-refractivity contribution >= 4 is 23.6 Å². The van der Waals surface area contributed by atoms with Gasteiger partial charge in [0.05, 0.1) is 7.11 Å². The smallest absolute Gasteiger partial charge is 0.351 e. The van der Waals surface area contributed by atoms with Crippen LogP contribution in [0.3, 0.4) is 0 Å². The second kappa shape index (κ2) is 7.86. The second-order valence-corrected chi connectivity index (χ2v) is 4.27. The van der Waals surface area contributed by atoms with Crippen LogP contribution in [-0.4, -0.2) is 25.2 Å². The fourth-order valence-electron chi connectivity index (χ4n) is 1.28. The van der Waals surface area contributed by atoms with Crippen molar-refractivity contribution in [3.05, 3.63) is 46.5 Å². The first-order valence-electron chi connectivity index (χ1n) is 5.52. The summed E-state index contributed by atoms with van der Waals surface area (Å²) in [6, 6.07) is 10.3. The molecule has 0 atom stereocenters. The van der Waals surface area contributed by atoms with Gasteiger partial charge in [0.1, 0.15) is 11.1 Å². The van der Waals surface area contributed by atoms with Crippen molar-refractivity contribution in [2.45, 2.75) is 0 Å². The van der Waals surface area contributed by atoms with Gasteiger partial charge >= 0.3 is 5.97 Å². The van der Waals surface area contributed by atoms with Crippen LogP contribution in [0.2, 0.25) is 0 Å². The van der Waals surface area contributed by atoms with Gasteiger partial charge in [0.2, 0.25) is 0 Å². The highest BCUT2D eigenvalue weighted by Crippen LogP contribution is 2.13. The zero-order valence-corrected chi connectivity index (χ0v) is 11.8. The molecule has 0 spiro atoms. The zero-order chi connectivity index (χ0) is 15.0. The number of nitriles is 1. The number of hydrogen-bond donors (Lipinski definition) is 2. The van der Waals surface area contributed by atoms with E-state index in [1.807, 2.05) is 0 Å². The van der Waals surface area contributed by atoms with Gasteiger partial charge in [-0.05, 0) is 18.4 Å². The zero-order valence-electron chi connectivity index (χ0n) is 11.0. The molecule has 20 heavy (non-hydrogen) atoms. The number of carbonyl (C=O) groups is 2. The molecule has 0 radical (unpaired) electrons. The number of carbonyl (C=O) groups excluding carboxylic acids is 2. The molecular weight excluding hydrogens is 278 g/mol. The average molecular weight is 291 g/mol. The lowest BCUT2D eigenvalue weighted by atomic mass is 10.2. The lowest BCUT2D eigenvalue weighted by Crippen LogP contribution is -2.37. The molecule has 1 rings (SSSR count). The number of hydrogen-bond acceptors (Lipinski definition) is 6. The SMILES string of the molecule is COC(=O)C(C#N)=C(NNC(=O)c1ccccc1)SC. The summed E-state index contributed by atoms with van der Waals surface area (Å²) < 4.78 is 4.49. The molecule has 2 N–H and O–H groups in total. The highest BCUT2D eigenvalue weighted by molar-refractivity contribution is 8.02. The molecule has 0 saturated carbocycles. The molecular formula is C13H13N3O3S. The number of esters is 1. The van der Waals surface area contributed by atoms with Gasteiger partial charge in [0, 0.05) is 5.56 Å². The Kier molecular flexibility index (Phi) is 6.13. The minimum atomic E-state index is -0.765. The van der Waals surface area contributed by atoms with Crippen molar-refractivity contribution in [1.29, 1.82) is 5.26 Å². The van der Waals surface area contributed by atoms with Crippen LogP contribution in [0.1, 0.15) is 10.4 Å². The van der Waals surface area contributed by atoms with Crippen LogP contribution >= 0.6 is 11.8 Å². The number of amides is 1. The van der Waals surface area contributed by atoms with Gasteiger partial charge in [-0.1, -0.05) is 18.2 Å². The van der Waals surface area contributed by atoms with Crippen molar-refractivity contribution in [3.8, 4) is 6.07 Å². The van der Waals surface area contributed by atoms with Gasteiger partial charge in [-0.15, -0.1) is 11.8 Å². The number of methoxy groups -OCH3 is 1. The van der Waals surface area contributed by atoms with Crippen molar-refractivity contribution in [2.75, 3.05) is 13.4 Å². The van der Waals surface area contributed by atoms with Gasteiger partial charge in [-0.2, -0.15) is 5.26 Å². The van der Waals surface area contributed by atoms with E-state index in [0.717, 1.165) is 11.8 Å². The summed E-state index contributed by atoms with van der Waals surface area (Å²) in [6.45, 7) is 0.